The van der Waals surface area contributed by atoms with E-state index in [9.17, 15) is 22.4 Å². The number of nitrogens with zero attached hydrogens (tertiary/aromatic N) is 1. The average Bonchev–Trinajstić information content (AvgIpc) is 3.03. The van der Waals surface area contributed by atoms with Gasteiger partial charge in [0.25, 0.3) is 0 Å². The molecule has 0 aromatic heterocycles. The van der Waals surface area contributed by atoms with Crippen molar-refractivity contribution in [2.75, 3.05) is 27.2 Å². The summed E-state index contributed by atoms with van der Waals surface area (Å²) in [4.78, 5) is 12.7. The van der Waals surface area contributed by atoms with Gasteiger partial charge in [-0.3, -0.25) is 4.79 Å². The maximum atomic E-state index is 13.4. The predicted molar refractivity (Wildman–Crippen MR) is 104 cm³/mol. The number of benzene rings is 2. The second-order valence-corrected chi connectivity index (χ2v) is 8.53. The molecule has 4 rings (SSSR count). The molecular formula is C21H22BF4NO3. The Kier molecular flexibility index (Phi) is 5.03. The number of hydrogen-bond donors (Lipinski definition) is 0. The Balaban J connectivity index is 1.67. The molecule has 1 atom stereocenters. The van der Waals surface area contributed by atoms with Crippen molar-refractivity contribution in [2.45, 2.75) is 25.6 Å². The summed E-state index contributed by atoms with van der Waals surface area (Å²) < 4.78 is 66.0. The molecule has 2 aromatic rings. The molecule has 1 fully saturated rings. The van der Waals surface area contributed by atoms with E-state index in [1.54, 1.807) is 6.07 Å². The molecule has 2 heterocycles. The van der Waals surface area contributed by atoms with Crippen molar-refractivity contribution in [2.24, 2.45) is 0 Å². The van der Waals surface area contributed by atoms with Crippen LogP contribution in [0.4, 0.5) is 17.6 Å². The highest BCUT2D eigenvalue weighted by Gasteiger charge is 2.53. The van der Waals surface area contributed by atoms with Gasteiger partial charge in [0.1, 0.15) is 5.82 Å². The van der Waals surface area contributed by atoms with Gasteiger partial charge in [-0.1, -0.05) is 23.7 Å². The van der Waals surface area contributed by atoms with Gasteiger partial charge >= 0.3 is 12.9 Å². The fourth-order valence-corrected chi connectivity index (χ4v) is 4.60. The number of hydrogen-bond acceptors (Lipinski definition) is 3. The fourth-order valence-electron chi connectivity index (χ4n) is 4.60. The Morgan fingerprint density at radius 3 is 2.60 bits per heavy atom. The molecule has 0 bridgehead atoms. The molecule has 30 heavy (non-hydrogen) atoms. The summed E-state index contributed by atoms with van der Waals surface area (Å²) in [5, 5.41) is 0. The summed E-state index contributed by atoms with van der Waals surface area (Å²) in [6.07, 6.45) is -4.15. The van der Waals surface area contributed by atoms with Crippen molar-refractivity contribution >= 4 is 17.9 Å². The van der Waals surface area contributed by atoms with Crippen LogP contribution in [-0.4, -0.2) is 44.1 Å². The minimum absolute atomic E-state index is 0.235. The van der Waals surface area contributed by atoms with Crippen LogP contribution in [0.25, 0.3) is 0 Å². The third-order valence-corrected chi connectivity index (χ3v) is 6.16. The molecule has 1 saturated heterocycles. The highest BCUT2D eigenvalue weighted by Crippen LogP contribution is 2.34. The smallest absolute Gasteiger partial charge is 0.502 e. The molecule has 1 unspecified atom stereocenters. The van der Waals surface area contributed by atoms with Crippen molar-refractivity contribution in [3.63, 3.8) is 0 Å². The van der Waals surface area contributed by atoms with Crippen LogP contribution in [-0.2, 0) is 28.5 Å². The Morgan fingerprint density at radius 2 is 1.90 bits per heavy atom. The number of quaternary nitrogens is 1. The standard InChI is InChI=1S/C21H22BF4NO3/c1-27(2)8-3-9-29-22(27)19-10-14(4-5-15(19)13-30-22)11-20(28)17-7-6-16(23)12-18(17)21(24,25)26/h4-7,10,12H,3,8-9,11,13H2,1-2H3. The molecule has 2 aliphatic rings. The zero-order valence-corrected chi connectivity index (χ0v) is 16.8. The van der Waals surface area contributed by atoms with Crippen LogP contribution in [0.3, 0.4) is 0 Å². The Morgan fingerprint density at radius 1 is 1.13 bits per heavy atom. The number of alkyl halides is 3. The number of halogens is 4. The molecular weight excluding hydrogens is 401 g/mol. The van der Waals surface area contributed by atoms with Gasteiger partial charge < -0.3 is 13.7 Å². The lowest BCUT2D eigenvalue weighted by molar-refractivity contribution is -0.812. The van der Waals surface area contributed by atoms with Gasteiger partial charge in [0, 0.05) is 52.3 Å². The van der Waals surface area contributed by atoms with Crippen LogP contribution in [0.5, 0.6) is 0 Å². The fraction of sp³-hybridized carbons (Fsp3) is 0.381. The van der Waals surface area contributed by atoms with Crippen LogP contribution >= 0.6 is 0 Å². The van der Waals surface area contributed by atoms with Crippen LogP contribution in [0.2, 0.25) is 0 Å². The SMILES string of the molecule is C[N+]1(C)CCCO[B-]12OCc1ccc(CC(=O)c3ccc(F)cc3C(F)(F)F)cc12. The highest BCUT2D eigenvalue weighted by atomic mass is 19.4. The summed E-state index contributed by atoms with van der Waals surface area (Å²) in [5.41, 5.74) is 0.589. The molecule has 0 aliphatic carbocycles. The molecule has 4 nitrogen and oxygen atoms in total. The minimum Gasteiger partial charge on any atom is -0.509 e. The van der Waals surface area contributed by atoms with Crippen molar-refractivity contribution in [1.29, 1.82) is 0 Å². The van der Waals surface area contributed by atoms with Crippen LogP contribution in [0.1, 0.15) is 33.5 Å². The molecule has 0 saturated carbocycles. The maximum absolute atomic E-state index is 13.4. The maximum Gasteiger partial charge on any atom is 0.502 e. The van der Waals surface area contributed by atoms with Crippen molar-refractivity contribution < 1.29 is 36.1 Å². The van der Waals surface area contributed by atoms with E-state index in [-0.39, 0.29) is 6.42 Å². The number of fused-ring (bicyclic) bond motifs is 2. The van der Waals surface area contributed by atoms with Gasteiger partial charge in [0.2, 0.25) is 0 Å². The first-order valence-electron chi connectivity index (χ1n) is 9.80. The van der Waals surface area contributed by atoms with Crippen LogP contribution < -0.4 is 5.46 Å². The van der Waals surface area contributed by atoms with E-state index in [2.05, 4.69) is 0 Å². The molecule has 2 aromatic carbocycles. The second kappa shape index (κ2) is 7.18. The summed E-state index contributed by atoms with van der Waals surface area (Å²) in [6, 6.07) is 7.48. The van der Waals surface area contributed by atoms with E-state index in [1.165, 1.54) is 0 Å². The van der Waals surface area contributed by atoms with E-state index < -0.39 is 35.6 Å². The molecule has 9 heteroatoms. The predicted octanol–water partition coefficient (Wildman–Crippen LogP) is 3.44. The zero-order chi connectivity index (χ0) is 21.7. The van der Waals surface area contributed by atoms with Gasteiger partial charge in [0.05, 0.1) is 5.56 Å². The monoisotopic (exact) mass is 423 g/mol. The van der Waals surface area contributed by atoms with Crippen molar-refractivity contribution in [3.05, 3.63) is 64.5 Å². The number of Topliss-reactive ketones (excluding diaryl/α,β-unsaturated/α-hetero) is 1. The summed E-state index contributed by atoms with van der Waals surface area (Å²) in [5.74, 6) is -1.76. The summed E-state index contributed by atoms with van der Waals surface area (Å²) in [6.45, 7) is 0.0287. The van der Waals surface area contributed by atoms with Gasteiger partial charge in [-0.15, -0.1) is 0 Å². The normalized spacial score (nSPS) is 22.9. The lowest BCUT2D eigenvalue weighted by Crippen LogP contribution is -2.74. The quantitative estimate of drug-likeness (QED) is 0.431. The van der Waals surface area contributed by atoms with Crippen LogP contribution in [0.15, 0.2) is 36.4 Å². The van der Waals surface area contributed by atoms with Gasteiger partial charge in [0.15, 0.2) is 5.78 Å². The first-order chi connectivity index (χ1) is 14.0. The topological polar surface area (TPSA) is 35.5 Å². The molecule has 0 radical (unpaired) electrons. The highest BCUT2D eigenvalue weighted by molar-refractivity contribution is 6.76. The molecule has 2 aliphatic heterocycles. The third-order valence-electron chi connectivity index (χ3n) is 6.16. The zero-order valence-electron chi connectivity index (χ0n) is 16.8. The van der Waals surface area contributed by atoms with E-state index in [0.717, 1.165) is 36.1 Å². The van der Waals surface area contributed by atoms with E-state index in [1.807, 2.05) is 26.2 Å². The number of carbonyl (C=O) groups is 1. The third kappa shape index (κ3) is 3.44. The molecule has 160 valence electrons. The van der Waals surface area contributed by atoms with E-state index in [0.29, 0.717) is 29.2 Å². The largest absolute Gasteiger partial charge is 0.509 e. The van der Waals surface area contributed by atoms with E-state index in [4.69, 9.17) is 9.31 Å². The Hall–Kier alpha value is -2.23. The van der Waals surface area contributed by atoms with Gasteiger partial charge in [-0.25, -0.2) is 4.39 Å². The number of rotatable bonds is 3. The lowest BCUT2D eigenvalue weighted by Gasteiger charge is -2.55. The Labute approximate surface area is 172 Å². The number of ketones is 1. The van der Waals surface area contributed by atoms with E-state index >= 15 is 0 Å². The van der Waals surface area contributed by atoms with Crippen LogP contribution in [0, 0.1) is 5.82 Å². The molecule has 0 amide bonds. The van der Waals surface area contributed by atoms with Crippen molar-refractivity contribution in [1.82, 2.24) is 0 Å². The first kappa shape index (κ1) is 21.0. The minimum atomic E-state index is -4.82. The van der Waals surface area contributed by atoms with Gasteiger partial charge in [-0.2, -0.15) is 13.2 Å². The van der Waals surface area contributed by atoms with Crippen molar-refractivity contribution in [3.8, 4) is 0 Å². The molecule has 1 spiro atoms. The summed E-state index contributed by atoms with van der Waals surface area (Å²) >= 11 is 0. The average molecular weight is 423 g/mol. The number of carbonyl (C=O) groups excluding carboxylic acids is 1. The summed E-state index contributed by atoms with van der Waals surface area (Å²) in [7, 11) is 4.06. The molecule has 0 N–H and O–H groups in total. The Bertz CT molecular complexity index is 1000. The first-order valence-corrected chi connectivity index (χ1v) is 9.80. The second-order valence-electron chi connectivity index (χ2n) is 8.53. The lowest BCUT2D eigenvalue weighted by atomic mass is 9.58. The van der Waals surface area contributed by atoms with Gasteiger partial charge in [-0.05, 0) is 29.3 Å².